The molecule has 16 heavy (non-hydrogen) atoms. The maximum absolute atomic E-state index is 5.69. The van der Waals surface area contributed by atoms with E-state index >= 15 is 0 Å². The zero-order valence-electron chi connectivity index (χ0n) is 9.23. The molecule has 0 radical (unpaired) electrons. The van der Waals surface area contributed by atoms with Gasteiger partial charge in [0.1, 0.15) is 0 Å². The van der Waals surface area contributed by atoms with Gasteiger partial charge < -0.3 is 11.1 Å². The van der Waals surface area contributed by atoms with Crippen LogP contribution in [-0.4, -0.2) is 11.5 Å². The minimum atomic E-state index is 0.787. The Kier molecular flexibility index (Phi) is 3.41. The Bertz CT molecular complexity index is 465. The number of nitrogens with zero attached hydrogens (tertiary/aromatic N) is 1. The fraction of sp³-hybridized carbons (Fsp3) is 0.250. The summed E-state index contributed by atoms with van der Waals surface area (Å²) in [6, 6.07) is 7.79. The Hall–Kier alpha value is -1.55. The lowest BCUT2D eigenvalue weighted by atomic mass is 10.3. The maximum Gasteiger partial charge on any atom is 0.0945 e. The van der Waals surface area contributed by atoms with Crippen molar-refractivity contribution in [2.24, 2.45) is 0 Å². The highest BCUT2D eigenvalue weighted by Gasteiger charge is 1.98. The van der Waals surface area contributed by atoms with Gasteiger partial charge in [0.25, 0.3) is 0 Å². The molecule has 0 aliphatic heterocycles. The van der Waals surface area contributed by atoms with E-state index in [0.717, 1.165) is 30.0 Å². The van der Waals surface area contributed by atoms with E-state index in [1.54, 1.807) is 11.3 Å². The normalized spacial score (nSPS) is 10.3. The number of rotatable bonds is 4. The highest BCUT2D eigenvalue weighted by Crippen LogP contribution is 2.13. The van der Waals surface area contributed by atoms with Crippen molar-refractivity contribution in [2.75, 3.05) is 17.6 Å². The lowest BCUT2D eigenvalue weighted by Crippen LogP contribution is -2.04. The Labute approximate surface area is 99.3 Å². The summed E-state index contributed by atoms with van der Waals surface area (Å²) in [4.78, 5) is 4.41. The molecule has 0 aliphatic rings. The standard InChI is InChI=1S/C12H15N3S/c1-9-8-16-12(15-9)5-6-14-11-4-2-3-10(13)7-11/h2-4,7-8,14H,5-6,13H2,1H3. The van der Waals surface area contributed by atoms with E-state index < -0.39 is 0 Å². The Morgan fingerprint density at radius 2 is 2.31 bits per heavy atom. The van der Waals surface area contributed by atoms with Crippen LogP contribution in [0.2, 0.25) is 0 Å². The molecule has 3 nitrogen and oxygen atoms in total. The van der Waals surface area contributed by atoms with Crippen molar-refractivity contribution in [1.29, 1.82) is 0 Å². The molecular weight excluding hydrogens is 218 g/mol. The van der Waals surface area contributed by atoms with Crippen LogP contribution in [0, 0.1) is 6.92 Å². The minimum absolute atomic E-state index is 0.787. The monoisotopic (exact) mass is 233 g/mol. The lowest BCUT2D eigenvalue weighted by molar-refractivity contribution is 0.987. The van der Waals surface area contributed by atoms with Crippen LogP contribution in [0.25, 0.3) is 0 Å². The number of hydrogen-bond acceptors (Lipinski definition) is 4. The zero-order valence-corrected chi connectivity index (χ0v) is 10.1. The van der Waals surface area contributed by atoms with Gasteiger partial charge in [-0.25, -0.2) is 4.98 Å². The number of nitrogen functional groups attached to an aromatic ring is 1. The van der Waals surface area contributed by atoms with Crippen molar-refractivity contribution in [2.45, 2.75) is 13.3 Å². The first-order chi connectivity index (χ1) is 7.74. The molecule has 2 rings (SSSR count). The number of nitrogens with two attached hydrogens (primary N) is 1. The predicted molar refractivity (Wildman–Crippen MR) is 69.9 cm³/mol. The van der Waals surface area contributed by atoms with E-state index in [2.05, 4.69) is 15.7 Å². The van der Waals surface area contributed by atoms with E-state index in [1.807, 2.05) is 31.2 Å². The van der Waals surface area contributed by atoms with Crippen LogP contribution in [0.4, 0.5) is 11.4 Å². The molecule has 0 saturated heterocycles. The average molecular weight is 233 g/mol. The van der Waals surface area contributed by atoms with Crippen molar-refractivity contribution >= 4 is 22.7 Å². The van der Waals surface area contributed by atoms with Crippen LogP contribution < -0.4 is 11.1 Å². The van der Waals surface area contributed by atoms with Gasteiger partial charge in [0.2, 0.25) is 0 Å². The quantitative estimate of drug-likeness (QED) is 0.798. The summed E-state index contributed by atoms with van der Waals surface area (Å²) in [6.45, 7) is 2.90. The van der Waals surface area contributed by atoms with Crippen LogP contribution in [0.1, 0.15) is 10.7 Å². The predicted octanol–water partition coefficient (Wildman–Crippen LogP) is 2.69. The van der Waals surface area contributed by atoms with E-state index in [1.165, 1.54) is 5.01 Å². The van der Waals surface area contributed by atoms with Gasteiger partial charge in [-0.2, -0.15) is 0 Å². The number of aromatic nitrogens is 1. The number of hydrogen-bond donors (Lipinski definition) is 2. The van der Waals surface area contributed by atoms with Crippen molar-refractivity contribution < 1.29 is 0 Å². The van der Waals surface area contributed by atoms with Crippen molar-refractivity contribution in [3.05, 3.63) is 40.3 Å². The molecule has 0 bridgehead atoms. The van der Waals surface area contributed by atoms with E-state index in [9.17, 15) is 0 Å². The second kappa shape index (κ2) is 4.99. The molecule has 0 atom stereocenters. The summed E-state index contributed by atoms with van der Waals surface area (Å²) in [5.74, 6) is 0. The highest BCUT2D eigenvalue weighted by molar-refractivity contribution is 7.09. The molecule has 0 amide bonds. The Morgan fingerprint density at radius 3 is 3.00 bits per heavy atom. The highest BCUT2D eigenvalue weighted by atomic mass is 32.1. The number of aryl methyl sites for hydroxylation is 1. The first-order valence-electron chi connectivity index (χ1n) is 5.24. The second-order valence-electron chi connectivity index (χ2n) is 3.68. The molecule has 4 heteroatoms. The molecule has 0 aliphatic carbocycles. The molecule has 1 aromatic carbocycles. The summed E-state index contributed by atoms with van der Waals surface area (Å²) in [6.07, 6.45) is 0.952. The molecule has 1 aromatic heterocycles. The summed E-state index contributed by atoms with van der Waals surface area (Å²) < 4.78 is 0. The Balaban J connectivity index is 1.84. The molecule has 84 valence electrons. The summed E-state index contributed by atoms with van der Waals surface area (Å²) >= 11 is 1.71. The minimum Gasteiger partial charge on any atom is -0.399 e. The summed E-state index contributed by atoms with van der Waals surface area (Å²) in [7, 11) is 0. The van der Waals surface area contributed by atoms with Gasteiger partial charge in [0.05, 0.1) is 5.01 Å². The van der Waals surface area contributed by atoms with Gasteiger partial charge in [-0.05, 0) is 25.1 Å². The number of nitrogens with one attached hydrogen (secondary N) is 1. The third-order valence-corrected chi connectivity index (χ3v) is 3.25. The third kappa shape index (κ3) is 2.97. The molecule has 0 spiro atoms. The third-order valence-electron chi connectivity index (χ3n) is 2.22. The van der Waals surface area contributed by atoms with Gasteiger partial charge in [-0.15, -0.1) is 11.3 Å². The van der Waals surface area contributed by atoms with Gasteiger partial charge in [-0.1, -0.05) is 6.07 Å². The van der Waals surface area contributed by atoms with Crippen molar-refractivity contribution in [3.63, 3.8) is 0 Å². The molecular formula is C12H15N3S. The maximum atomic E-state index is 5.69. The fourth-order valence-electron chi connectivity index (χ4n) is 1.48. The molecule has 0 saturated carbocycles. The van der Waals surface area contributed by atoms with Crippen molar-refractivity contribution in [1.82, 2.24) is 4.98 Å². The molecule has 0 unspecified atom stereocenters. The number of anilines is 2. The van der Waals surface area contributed by atoms with E-state index in [4.69, 9.17) is 5.73 Å². The van der Waals surface area contributed by atoms with Crippen LogP contribution in [0.5, 0.6) is 0 Å². The summed E-state index contributed by atoms with van der Waals surface area (Å²) in [5, 5.41) is 6.58. The van der Waals surface area contributed by atoms with Gasteiger partial charge in [-0.3, -0.25) is 0 Å². The van der Waals surface area contributed by atoms with Gasteiger partial charge in [0, 0.05) is 35.4 Å². The number of benzene rings is 1. The SMILES string of the molecule is Cc1csc(CCNc2cccc(N)c2)n1. The smallest absolute Gasteiger partial charge is 0.0945 e. The van der Waals surface area contributed by atoms with Gasteiger partial charge in [0.15, 0.2) is 0 Å². The topological polar surface area (TPSA) is 50.9 Å². The van der Waals surface area contributed by atoms with Crippen LogP contribution in [-0.2, 0) is 6.42 Å². The fourth-order valence-corrected chi connectivity index (χ4v) is 2.26. The van der Waals surface area contributed by atoms with E-state index in [-0.39, 0.29) is 0 Å². The first-order valence-corrected chi connectivity index (χ1v) is 6.12. The Morgan fingerprint density at radius 1 is 1.44 bits per heavy atom. The van der Waals surface area contributed by atoms with Crippen LogP contribution in [0.15, 0.2) is 29.6 Å². The molecule has 2 aromatic rings. The average Bonchev–Trinajstić information content (AvgIpc) is 2.64. The number of thiazole rings is 1. The van der Waals surface area contributed by atoms with Gasteiger partial charge >= 0.3 is 0 Å². The lowest BCUT2D eigenvalue weighted by Gasteiger charge is -2.05. The largest absolute Gasteiger partial charge is 0.399 e. The van der Waals surface area contributed by atoms with Crippen LogP contribution >= 0.6 is 11.3 Å². The van der Waals surface area contributed by atoms with E-state index in [0.29, 0.717) is 0 Å². The molecule has 3 N–H and O–H groups in total. The van der Waals surface area contributed by atoms with Crippen molar-refractivity contribution in [3.8, 4) is 0 Å². The molecule has 0 fully saturated rings. The van der Waals surface area contributed by atoms with Crippen LogP contribution in [0.3, 0.4) is 0 Å². The zero-order chi connectivity index (χ0) is 11.4. The molecule has 1 heterocycles. The second-order valence-corrected chi connectivity index (χ2v) is 4.63. The first kappa shape index (κ1) is 11.0. The summed E-state index contributed by atoms with van der Waals surface area (Å²) in [5.41, 5.74) is 8.65.